The number of carboxylic acids is 1. The zero-order chi connectivity index (χ0) is 13.7. The minimum atomic E-state index is -0.677. The third kappa shape index (κ3) is 3.93. The Morgan fingerprint density at radius 1 is 1.42 bits per heavy atom. The molecule has 0 amide bonds. The first-order chi connectivity index (χ1) is 9.20. The second-order valence-corrected chi connectivity index (χ2v) is 6.31. The van der Waals surface area contributed by atoms with Gasteiger partial charge in [0.15, 0.2) is 5.16 Å². The zero-order valence-electron chi connectivity index (χ0n) is 11.2. The van der Waals surface area contributed by atoms with Crippen molar-refractivity contribution in [2.75, 3.05) is 0 Å². The first-order valence-corrected chi connectivity index (χ1v) is 7.75. The summed E-state index contributed by atoms with van der Waals surface area (Å²) < 4.78 is 0. The third-order valence-electron chi connectivity index (χ3n) is 3.71. The van der Waals surface area contributed by atoms with Crippen molar-refractivity contribution >= 4 is 17.7 Å². The summed E-state index contributed by atoms with van der Waals surface area (Å²) in [6.45, 7) is 2.19. The molecule has 1 aromatic heterocycles. The standard InChI is InChI=1S/C14H20N2O2S/c1-2-4-10-5-6-11(13(17)18)12(9-10)19-14-15-7-3-8-16-14/h3,7-8,10-12H,2,4-6,9H2,1H3,(H,17,18). The number of thioether (sulfide) groups is 1. The topological polar surface area (TPSA) is 63.1 Å². The molecule has 1 aliphatic rings. The molecule has 0 bridgehead atoms. The van der Waals surface area contributed by atoms with E-state index in [0.717, 1.165) is 19.3 Å². The molecular formula is C14H20N2O2S. The lowest BCUT2D eigenvalue weighted by molar-refractivity contribution is -0.142. The van der Waals surface area contributed by atoms with Gasteiger partial charge in [0, 0.05) is 17.6 Å². The van der Waals surface area contributed by atoms with Crippen LogP contribution in [-0.2, 0) is 4.79 Å². The average molecular weight is 280 g/mol. The van der Waals surface area contributed by atoms with Gasteiger partial charge in [0.1, 0.15) is 0 Å². The highest BCUT2D eigenvalue weighted by atomic mass is 32.2. The van der Waals surface area contributed by atoms with Crippen LogP contribution >= 0.6 is 11.8 Å². The molecule has 1 aromatic rings. The van der Waals surface area contributed by atoms with E-state index < -0.39 is 5.97 Å². The van der Waals surface area contributed by atoms with Crippen LogP contribution in [0.15, 0.2) is 23.6 Å². The Morgan fingerprint density at radius 2 is 2.16 bits per heavy atom. The average Bonchev–Trinajstić information content (AvgIpc) is 2.40. The maximum atomic E-state index is 11.4. The van der Waals surface area contributed by atoms with Gasteiger partial charge in [0.25, 0.3) is 0 Å². The van der Waals surface area contributed by atoms with Crippen LogP contribution in [0.2, 0.25) is 0 Å². The van der Waals surface area contributed by atoms with E-state index in [9.17, 15) is 9.90 Å². The van der Waals surface area contributed by atoms with Crippen LogP contribution in [0.4, 0.5) is 0 Å². The highest BCUT2D eigenvalue weighted by Crippen LogP contribution is 2.40. The number of carboxylic acid groups (broad SMARTS) is 1. The number of rotatable bonds is 5. The number of carbonyl (C=O) groups is 1. The van der Waals surface area contributed by atoms with Gasteiger partial charge in [0.2, 0.25) is 0 Å². The molecule has 0 saturated heterocycles. The largest absolute Gasteiger partial charge is 0.481 e. The molecule has 5 heteroatoms. The Morgan fingerprint density at radius 3 is 2.79 bits per heavy atom. The predicted octanol–water partition coefficient (Wildman–Crippen LogP) is 3.24. The zero-order valence-corrected chi connectivity index (χ0v) is 12.0. The number of aliphatic carboxylic acids is 1. The first-order valence-electron chi connectivity index (χ1n) is 6.87. The summed E-state index contributed by atoms with van der Waals surface area (Å²) in [7, 11) is 0. The fourth-order valence-corrected chi connectivity index (χ4v) is 4.08. The van der Waals surface area contributed by atoms with Gasteiger partial charge >= 0.3 is 5.97 Å². The molecule has 1 N–H and O–H groups in total. The molecule has 1 aliphatic carbocycles. The quantitative estimate of drug-likeness (QED) is 0.839. The van der Waals surface area contributed by atoms with Crippen molar-refractivity contribution in [2.24, 2.45) is 11.8 Å². The third-order valence-corrected chi connectivity index (χ3v) is 4.96. The van der Waals surface area contributed by atoms with E-state index in [-0.39, 0.29) is 11.2 Å². The van der Waals surface area contributed by atoms with E-state index in [1.54, 1.807) is 18.5 Å². The summed E-state index contributed by atoms with van der Waals surface area (Å²) in [5.41, 5.74) is 0. The van der Waals surface area contributed by atoms with Gasteiger partial charge in [-0.3, -0.25) is 4.79 Å². The highest BCUT2D eigenvalue weighted by molar-refractivity contribution is 7.99. The molecular weight excluding hydrogens is 260 g/mol. The molecule has 1 saturated carbocycles. The molecule has 104 valence electrons. The summed E-state index contributed by atoms with van der Waals surface area (Å²) in [4.78, 5) is 19.8. The number of hydrogen-bond donors (Lipinski definition) is 1. The van der Waals surface area contributed by atoms with Crippen molar-refractivity contribution in [1.29, 1.82) is 0 Å². The molecule has 0 radical (unpaired) electrons. The Balaban J connectivity index is 2.05. The normalized spacial score (nSPS) is 27.1. The summed E-state index contributed by atoms with van der Waals surface area (Å²) in [6.07, 6.45) is 8.56. The van der Waals surface area contributed by atoms with E-state index >= 15 is 0 Å². The van der Waals surface area contributed by atoms with Crippen LogP contribution in [0.3, 0.4) is 0 Å². The predicted molar refractivity (Wildman–Crippen MR) is 75.1 cm³/mol. The van der Waals surface area contributed by atoms with E-state index in [1.165, 1.54) is 24.6 Å². The first kappa shape index (κ1) is 14.3. The fraction of sp³-hybridized carbons (Fsp3) is 0.643. The van der Waals surface area contributed by atoms with Crippen molar-refractivity contribution in [3.05, 3.63) is 18.5 Å². The maximum Gasteiger partial charge on any atom is 0.307 e. The minimum absolute atomic E-state index is 0.102. The van der Waals surface area contributed by atoms with Crippen LogP contribution in [0.1, 0.15) is 39.0 Å². The molecule has 19 heavy (non-hydrogen) atoms. The monoisotopic (exact) mass is 280 g/mol. The summed E-state index contributed by atoms with van der Waals surface area (Å²) in [6, 6.07) is 1.78. The van der Waals surface area contributed by atoms with Crippen LogP contribution in [0.25, 0.3) is 0 Å². The Hall–Kier alpha value is -1.10. The number of nitrogens with zero attached hydrogens (tertiary/aromatic N) is 2. The lowest BCUT2D eigenvalue weighted by Gasteiger charge is -2.33. The minimum Gasteiger partial charge on any atom is -0.481 e. The van der Waals surface area contributed by atoms with Crippen LogP contribution in [0, 0.1) is 11.8 Å². The second-order valence-electron chi connectivity index (χ2n) is 5.10. The van der Waals surface area contributed by atoms with Gasteiger partial charge in [0.05, 0.1) is 5.92 Å². The molecule has 3 unspecified atom stereocenters. The van der Waals surface area contributed by atoms with Gasteiger partial charge < -0.3 is 5.11 Å². The van der Waals surface area contributed by atoms with E-state index in [1.807, 2.05) is 0 Å². The maximum absolute atomic E-state index is 11.4. The Bertz CT molecular complexity index is 413. The molecule has 0 aromatic carbocycles. The summed E-state index contributed by atoms with van der Waals surface area (Å²) in [5.74, 6) is -0.285. The molecule has 1 heterocycles. The van der Waals surface area contributed by atoms with Gasteiger partial charge in [-0.1, -0.05) is 31.5 Å². The number of aromatic nitrogens is 2. The molecule has 4 nitrogen and oxygen atoms in total. The van der Waals surface area contributed by atoms with Gasteiger partial charge in [-0.15, -0.1) is 0 Å². The highest BCUT2D eigenvalue weighted by Gasteiger charge is 2.35. The van der Waals surface area contributed by atoms with Crippen molar-refractivity contribution < 1.29 is 9.90 Å². The fourth-order valence-electron chi connectivity index (χ4n) is 2.78. The molecule has 0 spiro atoms. The van der Waals surface area contributed by atoms with E-state index in [4.69, 9.17) is 0 Å². The van der Waals surface area contributed by atoms with Crippen LogP contribution in [-0.4, -0.2) is 26.3 Å². The Kier molecular flexibility index (Phi) is 5.19. The smallest absolute Gasteiger partial charge is 0.307 e. The lowest BCUT2D eigenvalue weighted by Crippen LogP contribution is -2.33. The second kappa shape index (κ2) is 6.89. The molecule has 0 aliphatic heterocycles. The summed E-state index contributed by atoms with van der Waals surface area (Å²) in [5, 5.41) is 10.1. The SMILES string of the molecule is CCCC1CCC(C(=O)O)C(Sc2ncccn2)C1. The van der Waals surface area contributed by atoms with Gasteiger partial charge in [-0.2, -0.15) is 0 Å². The van der Waals surface area contributed by atoms with E-state index in [0.29, 0.717) is 11.1 Å². The lowest BCUT2D eigenvalue weighted by atomic mass is 9.80. The van der Waals surface area contributed by atoms with Gasteiger partial charge in [-0.25, -0.2) is 9.97 Å². The molecule has 2 rings (SSSR count). The van der Waals surface area contributed by atoms with E-state index in [2.05, 4.69) is 16.9 Å². The van der Waals surface area contributed by atoms with Crippen molar-refractivity contribution in [3.63, 3.8) is 0 Å². The van der Waals surface area contributed by atoms with Crippen molar-refractivity contribution in [1.82, 2.24) is 9.97 Å². The molecule has 1 fully saturated rings. The van der Waals surface area contributed by atoms with Gasteiger partial charge in [-0.05, 0) is 31.2 Å². The number of hydrogen-bond acceptors (Lipinski definition) is 4. The van der Waals surface area contributed by atoms with Crippen molar-refractivity contribution in [3.8, 4) is 0 Å². The van der Waals surface area contributed by atoms with Crippen LogP contribution in [0.5, 0.6) is 0 Å². The molecule has 3 atom stereocenters. The van der Waals surface area contributed by atoms with Crippen LogP contribution < -0.4 is 0 Å². The summed E-state index contributed by atoms with van der Waals surface area (Å²) >= 11 is 1.53. The van der Waals surface area contributed by atoms with Crippen molar-refractivity contribution in [2.45, 2.75) is 49.4 Å². The Labute approximate surface area is 118 Å².